The fourth-order valence-corrected chi connectivity index (χ4v) is 6.24. The normalized spacial score (nSPS) is 21.9. The molecule has 3 aliphatic heterocycles. The molecule has 0 aromatic heterocycles. The van der Waals surface area contributed by atoms with Gasteiger partial charge in [0.1, 0.15) is 0 Å². The molecule has 184 valence electrons. The monoisotopic (exact) mass is 479 g/mol. The number of benzene rings is 1. The zero-order valence-electron chi connectivity index (χ0n) is 19.5. The van der Waals surface area contributed by atoms with Crippen LogP contribution in [0.25, 0.3) is 0 Å². The highest BCUT2D eigenvalue weighted by Gasteiger charge is 2.26. The summed E-state index contributed by atoms with van der Waals surface area (Å²) in [5.74, 6) is 0.907. The fraction of sp³-hybridized carbons (Fsp3) is 0.708. The lowest BCUT2D eigenvalue weighted by atomic mass is 9.93. The lowest BCUT2D eigenvalue weighted by Crippen LogP contribution is -2.41. The van der Waals surface area contributed by atoms with Crippen molar-refractivity contribution in [1.82, 2.24) is 14.1 Å². The first-order chi connectivity index (χ1) is 16.0. The predicted molar refractivity (Wildman–Crippen MR) is 126 cm³/mol. The summed E-state index contributed by atoms with van der Waals surface area (Å²) in [6.07, 6.45) is 4.48. The molecule has 3 aliphatic rings. The van der Waals surface area contributed by atoms with Crippen molar-refractivity contribution in [3.63, 3.8) is 0 Å². The number of amides is 1. The first-order valence-corrected chi connectivity index (χ1v) is 13.7. The largest absolute Gasteiger partial charge is 0.379 e. The van der Waals surface area contributed by atoms with E-state index in [1.165, 1.54) is 10.7 Å². The van der Waals surface area contributed by atoms with Gasteiger partial charge < -0.3 is 14.4 Å². The van der Waals surface area contributed by atoms with Gasteiger partial charge in [-0.25, -0.2) is 8.42 Å². The van der Waals surface area contributed by atoms with Gasteiger partial charge in [0.05, 0.1) is 31.3 Å². The van der Waals surface area contributed by atoms with Crippen molar-refractivity contribution in [3.8, 4) is 0 Å². The maximum Gasteiger partial charge on any atom is 0.243 e. The molecule has 0 N–H and O–H groups in total. The van der Waals surface area contributed by atoms with Crippen LogP contribution in [0.1, 0.15) is 31.2 Å². The second-order valence-electron chi connectivity index (χ2n) is 9.23. The summed E-state index contributed by atoms with van der Waals surface area (Å²) in [6.45, 7) is 8.26. The molecule has 8 nitrogen and oxygen atoms in total. The van der Waals surface area contributed by atoms with Gasteiger partial charge >= 0.3 is 0 Å². The molecule has 3 fully saturated rings. The number of hydrogen-bond donors (Lipinski definition) is 0. The number of carbonyl (C=O) groups excluding carboxylic acids is 1. The highest BCUT2D eigenvalue weighted by Crippen LogP contribution is 2.22. The Kier molecular flexibility index (Phi) is 8.76. The topological polar surface area (TPSA) is 79.4 Å². The van der Waals surface area contributed by atoms with E-state index in [1.807, 2.05) is 17.0 Å². The quantitative estimate of drug-likeness (QED) is 0.564. The third kappa shape index (κ3) is 6.76. The summed E-state index contributed by atoms with van der Waals surface area (Å²) >= 11 is 0. The van der Waals surface area contributed by atoms with Gasteiger partial charge in [-0.15, -0.1) is 0 Å². The number of aryl methyl sites for hydroxylation is 1. The van der Waals surface area contributed by atoms with Crippen LogP contribution in [0.2, 0.25) is 0 Å². The molecule has 1 aromatic rings. The molecule has 0 spiro atoms. The molecule has 0 aliphatic carbocycles. The molecule has 3 heterocycles. The zero-order chi connectivity index (χ0) is 23.1. The maximum atomic E-state index is 12.7. The van der Waals surface area contributed by atoms with E-state index in [0.29, 0.717) is 50.0 Å². The Bertz CT molecular complexity index is 857. The van der Waals surface area contributed by atoms with E-state index in [4.69, 9.17) is 9.47 Å². The molecule has 1 aromatic carbocycles. The number of morpholine rings is 2. The van der Waals surface area contributed by atoms with Crippen LogP contribution in [0.3, 0.4) is 0 Å². The number of nitrogens with zero attached hydrogens (tertiary/aromatic N) is 3. The van der Waals surface area contributed by atoms with Crippen molar-refractivity contribution in [2.24, 2.45) is 5.92 Å². The average molecular weight is 480 g/mol. The Balaban J connectivity index is 1.18. The van der Waals surface area contributed by atoms with Crippen LogP contribution in [0.15, 0.2) is 29.2 Å². The lowest BCUT2D eigenvalue weighted by molar-refractivity contribution is -0.132. The maximum absolute atomic E-state index is 12.7. The van der Waals surface area contributed by atoms with Gasteiger partial charge in [0, 0.05) is 45.7 Å². The zero-order valence-corrected chi connectivity index (χ0v) is 20.3. The average Bonchev–Trinajstić information content (AvgIpc) is 2.88. The minimum atomic E-state index is -3.48. The van der Waals surface area contributed by atoms with Gasteiger partial charge in [0.15, 0.2) is 0 Å². The lowest BCUT2D eigenvalue weighted by Gasteiger charge is -2.34. The number of ether oxygens (including phenoxy) is 2. The van der Waals surface area contributed by atoms with Crippen LogP contribution >= 0.6 is 0 Å². The third-order valence-corrected chi connectivity index (χ3v) is 9.00. The smallest absolute Gasteiger partial charge is 0.243 e. The van der Waals surface area contributed by atoms with Gasteiger partial charge in [0.25, 0.3) is 0 Å². The minimum Gasteiger partial charge on any atom is -0.379 e. The van der Waals surface area contributed by atoms with Crippen LogP contribution in [0, 0.1) is 5.92 Å². The van der Waals surface area contributed by atoms with Gasteiger partial charge in [0.2, 0.25) is 15.9 Å². The van der Waals surface area contributed by atoms with Crippen LogP contribution in [-0.2, 0) is 30.7 Å². The Morgan fingerprint density at radius 1 is 0.879 bits per heavy atom. The number of sulfonamides is 1. The summed E-state index contributed by atoms with van der Waals surface area (Å²) in [5, 5.41) is 0. The molecular formula is C24H37N3O5S. The van der Waals surface area contributed by atoms with Crippen molar-refractivity contribution in [2.75, 3.05) is 72.2 Å². The number of carbonyl (C=O) groups is 1. The van der Waals surface area contributed by atoms with Crippen molar-refractivity contribution in [1.29, 1.82) is 0 Å². The minimum absolute atomic E-state index is 0.201. The van der Waals surface area contributed by atoms with E-state index >= 15 is 0 Å². The molecule has 0 bridgehead atoms. The van der Waals surface area contributed by atoms with Crippen LogP contribution in [0.4, 0.5) is 0 Å². The summed E-state index contributed by atoms with van der Waals surface area (Å²) in [6, 6.07) is 6.98. The standard InChI is InChI=1S/C24H37N3O5S/c28-24(26-11-8-22(9-12-26)7-10-25-13-17-31-18-14-25)6-3-21-1-4-23(5-2-21)33(29,30)27-15-19-32-20-16-27/h1-2,4-5,22H,3,6-20H2. The van der Waals surface area contributed by atoms with E-state index in [1.54, 1.807) is 12.1 Å². The van der Waals surface area contributed by atoms with Gasteiger partial charge in [-0.3, -0.25) is 9.69 Å². The van der Waals surface area contributed by atoms with Gasteiger partial charge in [-0.05, 0) is 55.8 Å². The summed E-state index contributed by atoms with van der Waals surface area (Å²) < 4.78 is 37.6. The Morgan fingerprint density at radius 3 is 2.12 bits per heavy atom. The van der Waals surface area contributed by atoms with Gasteiger partial charge in [-0.1, -0.05) is 12.1 Å². The highest BCUT2D eigenvalue weighted by molar-refractivity contribution is 7.89. The predicted octanol–water partition coefficient (Wildman–Crippen LogP) is 1.60. The molecule has 0 radical (unpaired) electrons. The molecule has 9 heteroatoms. The number of likely N-dealkylation sites (tertiary alicyclic amines) is 1. The van der Waals surface area contributed by atoms with Crippen molar-refractivity contribution >= 4 is 15.9 Å². The first kappa shape index (κ1) is 24.6. The van der Waals surface area contributed by atoms with E-state index < -0.39 is 10.0 Å². The molecule has 0 unspecified atom stereocenters. The SMILES string of the molecule is O=C(CCc1ccc(S(=O)(=O)N2CCOCC2)cc1)N1CCC(CCN2CCOCC2)CC1. The van der Waals surface area contributed by atoms with Crippen molar-refractivity contribution in [3.05, 3.63) is 29.8 Å². The van der Waals surface area contributed by atoms with Gasteiger partial charge in [-0.2, -0.15) is 4.31 Å². The Morgan fingerprint density at radius 2 is 1.48 bits per heavy atom. The molecule has 3 saturated heterocycles. The summed E-state index contributed by atoms with van der Waals surface area (Å²) in [5.41, 5.74) is 0.990. The molecular weight excluding hydrogens is 442 g/mol. The van der Waals surface area contributed by atoms with Crippen LogP contribution in [0.5, 0.6) is 0 Å². The molecule has 0 atom stereocenters. The van der Waals surface area contributed by atoms with E-state index in [2.05, 4.69) is 4.90 Å². The Hall–Kier alpha value is -1.52. The molecule has 1 amide bonds. The summed E-state index contributed by atoms with van der Waals surface area (Å²) in [7, 11) is -3.48. The summed E-state index contributed by atoms with van der Waals surface area (Å²) in [4.78, 5) is 17.5. The second-order valence-corrected chi connectivity index (χ2v) is 11.2. The second kappa shape index (κ2) is 11.8. The van der Waals surface area contributed by atoms with E-state index in [0.717, 1.165) is 64.3 Å². The number of piperidine rings is 1. The molecule has 4 rings (SSSR count). The molecule has 0 saturated carbocycles. The first-order valence-electron chi connectivity index (χ1n) is 12.3. The third-order valence-electron chi connectivity index (χ3n) is 7.08. The molecule has 33 heavy (non-hydrogen) atoms. The van der Waals surface area contributed by atoms with Crippen LogP contribution < -0.4 is 0 Å². The van der Waals surface area contributed by atoms with E-state index in [9.17, 15) is 13.2 Å². The van der Waals surface area contributed by atoms with Crippen molar-refractivity contribution < 1.29 is 22.7 Å². The van der Waals surface area contributed by atoms with Crippen LogP contribution in [-0.4, -0.2) is 101 Å². The number of hydrogen-bond acceptors (Lipinski definition) is 6. The Labute approximate surface area is 197 Å². The highest BCUT2D eigenvalue weighted by atomic mass is 32.2. The van der Waals surface area contributed by atoms with Crippen molar-refractivity contribution in [2.45, 2.75) is 37.0 Å². The van der Waals surface area contributed by atoms with E-state index in [-0.39, 0.29) is 5.91 Å². The number of rotatable bonds is 8. The fourth-order valence-electron chi connectivity index (χ4n) is 4.83.